The van der Waals surface area contributed by atoms with Crippen molar-refractivity contribution in [3.8, 4) is 0 Å². The first-order valence-corrected chi connectivity index (χ1v) is 9.85. The van der Waals surface area contributed by atoms with Crippen LogP contribution >= 0.6 is 0 Å². The first-order chi connectivity index (χ1) is 14.6. The van der Waals surface area contributed by atoms with Gasteiger partial charge in [0.25, 0.3) is 11.8 Å². The number of hydrazone groups is 1. The van der Waals surface area contributed by atoms with E-state index < -0.39 is 0 Å². The Morgan fingerprint density at radius 2 is 1.93 bits per heavy atom. The molecular weight excluding hydrogens is 380 g/mol. The summed E-state index contributed by atoms with van der Waals surface area (Å²) in [5.74, 6) is 0.441. The van der Waals surface area contributed by atoms with Gasteiger partial charge in [0.1, 0.15) is 5.76 Å². The maximum Gasteiger partial charge on any atom is 0.287 e. The van der Waals surface area contributed by atoms with Gasteiger partial charge in [0.2, 0.25) is 0 Å². The summed E-state index contributed by atoms with van der Waals surface area (Å²) in [7, 11) is 0. The van der Waals surface area contributed by atoms with Gasteiger partial charge in [-0.3, -0.25) is 14.6 Å². The third-order valence-electron chi connectivity index (χ3n) is 5.04. The van der Waals surface area contributed by atoms with Crippen LogP contribution in [0.15, 0.2) is 64.4 Å². The number of aryl methyl sites for hydroxylation is 1. The van der Waals surface area contributed by atoms with Gasteiger partial charge in [0.05, 0.1) is 11.3 Å². The van der Waals surface area contributed by atoms with Crippen LogP contribution in [0.3, 0.4) is 0 Å². The number of aromatic nitrogens is 1. The van der Waals surface area contributed by atoms with Gasteiger partial charge in [-0.05, 0) is 37.5 Å². The number of furan rings is 1. The van der Waals surface area contributed by atoms with Crippen LogP contribution < -0.4 is 10.7 Å². The summed E-state index contributed by atoms with van der Waals surface area (Å²) in [6, 6.07) is 13.1. The predicted molar refractivity (Wildman–Crippen MR) is 112 cm³/mol. The van der Waals surface area contributed by atoms with Gasteiger partial charge in [-0.2, -0.15) is 5.10 Å². The molecule has 1 aromatic carbocycles. The molecule has 0 radical (unpaired) electrons. The Balaban J connectivity index is 1.51. The van der Waals surface area contributed by atoms with E-state index in [9.17, 15) is 9.59 Å². The average molecular weight is 402 g/mol. The van der Waals surface area contributed by atoms with Gasteiger partial charge < -0.3 is 9.73 Å². The monoisotopic (exact) mass is 402 g/mol. The fourth-order valence-corrected chi connectivity index (χ4v) is 3.54. The Hall–Kier alpha value is -3.74. The van der Waals surface area contributed by atoms with Crippen molar-refractivity contribution in [2.45, 2.75) is 32.7 Å². The minimum atomic E-state index is -0.329. The molecule has 7 heteroatoms. The van der Waals surface area contributed by atoms with Gasteiger partial charge >= 0.3 is 0 Å². The number of fused-ring (bicyclic) bond motifs is 1. The summed E-state index contributed by atoms with van der Waals surface area (Å²) in [5, 5.41) is 7.23. The van der Waals surface area contributed by atoms with Crippen molar-refractivity contribution in [1.82, 2.24) is 15.7 Å². The standard InChI is InChI=1S/C23H22N4O3/c1-15-20-18(26-27-22(28)17-9-6-12-24-14-17)10-5-11-19(20)30-21(15)23(29)25-13-16-7-3-2-4-8-16/h2-4,6-9,12,14H,5,10-11,13H2,1H3,(H,25,29)(H,27,28)/b26-18+. The molecule has 1 aliphatic carbocycles. The van der Waals surface area contributed by atoms with Crippen LogP contribution in [0.1, 0.15) is 56.2 Å². The molecule has 0 saturated heterocycles. The van der Waals surface area contributed by atoms with Crippen LogP contribution in [0.5, 0.6) is 0 Å². The van der Waals surface area contributed by atoms with Gasteiger partial charge in [0.15, 0.2) is 5.76 Å². The Labute approximate surface area is 174 Å². The molecule has 7 nitrogen and oxygen atoms in total. The number of carbonyl (C=O) groups excluding carboxylic acids is 2. The summed E-state index contributed by atoms with van der Waals surface area (Å²) < 4.78 is 5.89. The molecule has 2 heterocycles. The molecule has 0 saturated carbocycles. The molecule has 3 aromatic rings. The van der Waals surface area contributed by atoms with Crippen molar-refractivity contribution in [1.29, 1.82) is 0 Å². The van der Waals surface area contributed by atoms with E-state index in [1.165, 1.54) is 6.20 Å². The fraction of sp³-hybridized carbons (Fsp3) is 0.217. The van der Waals surface area contributed by atoms with Crippen LogP contribution in [-0.2, 0) is 13.0 Å². The maximum absolute atomic E-state index is 12.7. The second-order valence-electron chi connectivity index (χ2n) is 7.12. The summed E-state index contributed by atoms with van der Waals surface area (Å²) in [4.78, 5) is 28.9. The third kappa shape index (κ3) is 4.15. The van der Waals surface area contributed by atoms with Crippen LogP contribution in [0, 0.1) is 6.92 Å². The van der Waals surface area contributed by atoms with E-state index in [2.05, 4.69) is 20.8 Å². The van der Waals surface area contributed by atoms with Crippen molar-refractivity contribution < 1.29 is 14.0 Å². The number of pyridine rings is 1. The maximum atomic E-state index is 12.7. The Bertz CT molecular complexity index is 1090. The van der Waals surface area contributed by atoms with E-state index in [-0.39, 0.29) is 11.8 Å². The highest BCUT2D eigenvalue weighted by molar-refractivity contribution is 6.07. The van der Waals surface area contributed by atoms with Crippen LogP contribution in [0.25, 0.3) is 0 Å². The second kappa shape index (κ2) is 8.73. The van der Waals surface area contributed by atoms with E-state index in [0.717, 1.165) is 41.0 Å². The SMILES string of the molecule is Cc1c(C(=O)NCc2ccccc2)oc2c1/C(=N/NC(=O)c1cccnc1)CCC2. The summed E-state index contributed by atoms with van der Waals surface area (Å²) >= 11 is 0. The molecule has 30 heavy (non-hydrogen) atoms. The Morgan fingerprint density at radius 3 is 2.70 bits per heavy atom. The number of rotatable bonds is 5. The summed E-state index contributed by atoms with van der Waals surface area (Å²) in [6.07, 6.45) is 5.37. The molecule has 0 spiro atoms. The lowest BCUT2D eigenvalue weighted by Crippen LogP contribution is -2.23. The van der Waals surface area contributed by atoms with Crippen LogP contribution in [-0.4, -0.2) is 22.5 Å². The largest absolute Gasteiger partial charge is 0.455 e. The first kappa shape index (κ1) is 19.6. The lowest BCUT2D eigenvalue weighted by atomic mass is 9.93. The smallest absolute Gasteiger partial charge is 0.287 e. The van der Waals surface area contributed by atoms with E-state index in [1.54, 1.807) is 18.3 Å². The molecule has 2 aromatic heterocycles. The molecule has 2 amide bonds. The number of benzene rings is 1. The number of carbonyl (C=O) groups is 2. The van der Waals surface area contributed by atoms with E-state index in [0.29, 0.717) is 24.3 Å². The van der Waals surface area contributed by atoms with E-state index >= 15 is 0 Å². The minimum absolute atomic E-state index is 0.260. The number of amides is 2. The normalized spacial score (nSPS) is 14.2. The molecule has 0 bridgehead atoms. The number of hydrogen-bond donors (Lipinski definition) is 2. The predicted octanol–water partition coefficient (Wildman–Crippen LogP) is 3.38. The molecule has 0 unspecified atom stereocenters. The van der Waals surface area contributed by atoms with Crippen molar-refractivity contribution in [2.75, 3.05) is 0 Å². The van der Waals surface area contributed by atoms with E-state index in [4.69, 9.17) is 4.42 Å². The second-order valence-corrected chi connectivity index (χ2v) is 7.12. The van der Waals surface area contributed by atoms with E-state index in [1.807, 2.05) is 37.3 Å². The fourth-order valence-electron chi connectivity index (χ4n) is 3.54. The molecule has 1 aliphatic rings. The molecule has 0 fully saturated rings. The van der Waals surface area contributed by atoms with Gasteiger partial charge in [-0.1, -0.05) is 30.3 Å². The minimum Gasteiger partial charge on any atom is -0.455 e. The molecular formula is C23H22N4O3. The van der Waals surface area contributed by atoms with Crippen molar-refractivity contribution in [2.24, 2.45) is 5.10 Å². The lowest BCUT2D eigenvalue weighted by Gasteiger charge is -2.13. The molecule has 0 aliphatic heterocycles. The van der Waals surface area contributed by atoms with Gasteiger partial charge in [-0.15, -0.1) is 0 Å². The highest BCUT2D eigenvalue weighted by Crippen LogP contribution is 2.29. The molecule has 2 N–H and O–H groups in total. The van der Waals surface area contributed by atoms with Gasteiger partial charge in [-0.25, -0.2) is 5.43 Å². The molecule has 0 atom stereocenters. The third-order valence-corrected chi connectivity index (χ3v) is 5.04. The van der Waals surface area contributed by atoms with Crippen molar-refractivity contribution >= 4 is 17.5 Å². The zero-order valence-electron chi connectivity index (χ0n) is 16.6. The number of hydrogen-bond acceptors (Lipinski definition) is 5. The summed E-state index contributed by atoms with van der Waals surface area (Å²) in [5.41, 5.74) is 6.31. The number of nitrogens with zero attached hydrogens (tertiary/aromatic N) is 2. The van der Waals surface area contributed by atoms with Gasteiger partial charge in [0, 0.05) is 36.5 Å². The Morgan fingerprint density at radius 1 is 1.10 bits per heavy atom. The zero-order chi connectivity index (χ0) is 20.9. The quantitative estimate of drug-likeness (QED) is 0.640. The van der Waals surface area contributed by atoms with Crippen molar-refractivity contribution in [3.05, 3.63) is 88.6 Å². The van der Waals surface area contributed by atoms with Crippen LogP contribution in [0.4, 0.5) is 0 Å². The summed E-state index contributed by atoms with van der Waals surface area (Å²) in [6.45, 7) is 2.27. The van der Waals surface area contributed by atoms with Crippen LogP contribution in [0.2, 0.25) is 0 Å². The molecule has 152 valence electrons. The highest BCUT2D eigenvalue weighted by Gasteiger charge is 2.28. The lowest BCUT2D eigenvalue weighted by molar-refractivity contribution is 0.0919. The number of nitrogens with one attached hydrogen (secondary N) is 2. The zero-order valence-corrected chi connectivity index (χ0v) is 16.6. The molecule has 4 rings (SSSR count). The average Bonchev–Trinajstić information content (AvgIpc) is 3.14. The van der Waals surface area contributed by atoms with Crippen molar-refractivity contribution in [3.63, 3.8) is 0 Å². The highest BCUT2D eigenvalue weighted by atomic mass is 16.4. The first-order valence-electron chi connectivity index (χ1n) is 9.85. The Kier molecular flexibility index (Phi) is 5.70. The topological polar surface area (TPSA) is 96.6 Å².